The number of para-hydroxylation sites is 6. The lowest BCUT2D eigenvalue weighted by molar-refractivity contribution is 1.26. The van der Waals surface area contributed by atoms with Gasteiger partial charge in [-0.05, 0) is 96.7 Å². The van der Waals surface area contributed by atoms with E-state index in [1.54, 1.807) is 0 Å². The van der Waals surface area contributed by atoms with Crippen LogP contribution in [0.25, 0.3) is 98.4 Å². The van der Waals surface area contributed by atoms with E-state index in [0.29, 0.717) is 22.7 Å². The number of nitrogens with zero attached hydrogens (tertiary/aromatic N) is 4. The van der Waals surface area contributed by atoms with Crippen molar-refractivity contribution in [2.75, 3.05) is 9.80 Å². The number of aromatic nitrogens is 2. The molecule has 4 heterocycles. The molecule has 338 valence electrons. The molecule has 0 unspecified atom stereocenters. The van der Waals surface area contributed by atoms with Crippen molar-refractivity contribution in [1.82, 2.24) is 8.80 Å². The summed E-state index contributed by atoms with van der Waals surface area (Å²) in [5.74, 6) is 0. The summed E-state index contributed by atoms with van der Waals surface area (Å²) < 4.78 is 95.0. The highest BCUT2D eigenvalue weighted by atomic mass is 15.2. The van der Waals surface area contributed by atoms with Crippen LogP contribution in [0.4, 0.5) is 34.1 Å². The van der Waals surface area contributed by atoms with Crippen molar-refractivity contribution in [1.29, 1.82) is 0 Å². The normalized spacial score (nSPS) is 14.0. The first kappa shape index (κ1) is 31.7. The molecule has 0 spiro atoms. The zero-order valence-corrected chi connectivity index (χ0v) is 39.1. The fourth-order valence-electron chi connectivity index (χ4n) is 12.0. The van der Waals surface area contributed by atoms with Gasteiger partial charge in [0.05, 0.1) is 58.2 Å². The second-order valence-electron chi connectivity index (χ2n) is 18.5. The van der Waals surface area contributed by atoms with Crippen molar-refractivity contribution in [2.45, 2.75) is 13.8 Å². The Hall–Kier alpha value is -9.38. The maximum atomic E-state index is 9.39. The lowest BCUT2D eigenvalue weighted by Gasteiger charge is -2.28. The Morgan fingerprint density at radius 1 is 0.319 bits per heavy atom. The standard InChI is InChI=1S/C68H46N4/c1-43-23-15-17-37-53(43)69(47-29-11-5-12-30-47)55-39-21-41-57-61(55)49-33-19-35-51-63-60(46-27-9-4-10-28-46)68-64(59(45-25-7-3-8-26-45)67(63)71(57)65(49)51)52-36-20-34-50-62-56(40-22-42-58(62)72(68)66(50)52)70(48-31-13-6-14-32-48)54-38-18-16-24-44(54)2/h3-42H,1-2H3/i5D,6D,11D,12D,13D,14D,29D,30D,31D,32D. The minimum Gasteiger partial charge on any atom is -0.310 e. The second-order valence-corrected chi connectivity index (χ2v) is 18.5. The van der Waals surface area contributed by atoms with E-state index in [4.69, 9.17) is 8.22 Å². The van der Waals surface area contributed by atoms with Gasteiger partial charge in [0.15, 0.2) is 0 Å². The van der Waals surface area contributed by atoms with Crippen molar-refractivity contribution in [2.24, 2.45) is 0 Å². The van der Waals surface area contributed by atoms with Gasteiger partial charge in [0, 0.05) is 77.0 Å². The minimum absolute atomic E-state index is 0.0530. The summed E-state index contributed by atoms with van der Waals surface area (Å²) in [4.78, 5) is 3.69. The van der Waals surface area contributed by atoms with Crippen molar-refractivity contribution >= 4 is 110 Å². The molecule has 0 saturated heterocycles. The fraction of sp³-hybridized carbons (Fsp3) is 0.0294. The Morgan fingerprint density at radius 3 is 1.07 bits per heavy atom. The molecule has 0 fully saturated rings. The average Bonchev–Trinajstić information content (AvgIpc) is 1.65. The Labute approximate surface area is 430 Å². The van der Waals surface area contributed by atoms with Gasteiger partial charge in [0.25, 0.3) is 0 Å². The summed E-state index contributed by atoms with van der Waals surface area (Å²) >= 11 is 0. The van der Waals surface area contributed by atoms with Gasteiger partial charge in [0.2, 0.25) is 0 Å². The largest absolute Gasteiger partial charge is 0.310 e. The molecule has 0 bridgehead atoms. The van der Waals surface area contributed by atoms with Crippen LogP contribution in [0.3, 0.4) is 0 Å². The Bertz CT molecular complexity index is 4830. The van der Waals surface area contributed by atoms with E-state index in [2.05, 4.69) is 106 Å². The highest BCUT2D eigenvalue weighted by Gasteiger charge is 2.32. The first-order valence-corrected chi connectivity index (χ1v) is 24.1. The van der Waals surface area contributed by atoms with Crippen LogP contribution in [0.5, 0.6) is 0 Å². The van der Waals surface area contributed by atoms with Gasteiger partial charge in [-0.25, -0.2) is 0 Å². The highest BCUT2D eigenvalue weighted by Crippen LogP contribution is 2.56. The molecule has 0 amide bonds. The predicted molar refractivity (Wildman–Crippen MR) is 305 cm³/mol. The lowest BCUT2D eigenvalue weighted by atomic mass is 9.89. The third-order valence-electron chi connectivity index (χ3n) is 14.8. The molecule has 0 atom stereocenters. The molecule has 4 aromatic heterocycles. The SMILES string of the molecule is [2H]c1c([2H])c([2H])c(N(c2ccccc2C)c2cccc3c2c2cccc4c5c(-c6ccccc6)c6c(c(-c7ccccc7)c5n3c24)c2cccc3c4c(N(c5ccccc5C)c5c([2H])c([2H])c([2H])c([2H])c5[2H])cccc4n6c32)c([2H])c1[2H]. The van der Waals surface area contributed by atoms with Crippen molar-refractivity contribution in [3.8, 4) is 22.3 Å². The van der Waals surface area contributed by atoms with Gasteiger partial charge in [-0.3, -0.25) is 0 Å². The summed E-state index contributed by atoms with van der Waals surface area (Å²) in [5, 5.41) is 7.59. The van der Waals surface area contributed by atoms with Crippen LogP contribution < -0.4 is 9.80 Å². The molecule has 15 rings (SSSR count). The number of aryl methyl sites for hydroxylation is 2. The number of hydrogen-bond donors (Lipinski definition) is 0. The number of fused-ring (bicyclic) bond motifs is 12. The van der Waals surface area contributed by atoms with Crippen molar-refractivity contribution < 1.29 is 13.7 Å². The second kappa shape index (κ2) is 15.6. The highest BCUT2D eigenvalue weighted by molar-refractivity contribution is 6.39. The van der Waals surface area contributed by atoms with Gasteiger partial charge in [-0.1, -0.05) is 182 Å². The summed E-state index contributed by atoms with van der Waals surface area (Å²) in [5.41, 5.74) is 14.1. The smallest absolute Gasteiger partial charge is 0.0645 e. The van der Waals surface area contributed by atoms with E-state index in [-0.39, 0.29) is 35.5 Å². The molecular weight excluding hydrogens is 873 g/mol. The summed E-state index contributed by atoms with van der Waals surface area (Å²) in [6, 6.07) is 57.6. The van der Waals surface area contributed by atoms with Gasteiger partial charge in [-0.15, -0.1) is 0 Å². The first-order chi connectivity index (χ1) is 39.8. The molecule has 0 saturated carbocycles. The molecule has 4 nitrogen and oxygen atoms in total. The molecule has 0 radical (unpaired) electrons. The monoisotopic (exact) mass is 928 g/mol. The first-order valence-electron chi connectivity index (χ1n) is 29.1. The van der Waals surface area contributed by atoms with Crippen LogP contribution in [-0.4, -0.2) is 8.80 Å². The van der Waals surface area contributed by atoms with Gasteiger partial charge < -0.3 is 18.6 Å². The van der Waals surface area contributed by atoms with E-state index >= 15 is 0 Å². The van der Waals surface area contributed by atoms with Crippen LogP contribution >= 0.6 is 0 Å². The number of rotatable bonds is 8. The predicted octanol–water partition coefficient (Wildman–Crippen LogP) is 18.9. The van der Waals surface area contributed by atoms with Gasteiger partial charge in [-0.2, -0.15) is 0 Å². The number of benzene rings is 11. The third-order valence-corrected chi connectivity index (χ3v) is 14.8. The lowest BCUT2D eigenvalue weighted by Crippen LogP contribution is -2.11. The van der Waals surface area contributed by atoms with Crippen LogP contribution in [0.15, 0.2) is 242 Å². The maximum Gasteiger partial charge on any atom is 0.0645 e. The maximum absolute atomic E-state index is 9.39. The molecule has 0 N–H and O–H groups in total. The third kappa shape index (κ3) is 5.57. The topological polar surface area (TPSA) is 15.3 Å². The van der Waals surface area contributed by atoms with E-state index in [9.17, 15) is 5.48 Å². The molecule has 0 aliphatic heterocycles. The Morgan fingerprint density at radius 2 is 0.667 bits per heavy atom. The van der Waals surface area contributed by atoms with E-state index in [1.165, 1.54) is 0 Å². The molecular formula is C68H46N4. The average molecular weight is 929 g/mol. The molecule has 0 aliphatic rings. The number of hydrogen-bond acceptors (Lipinski definition) is 2. The van der Waals surface area contributed by atoms with Gasteiger partial charge in [0.1, 0.15) is 0 Å². The summed E-state index contributed by atoms with van der Waals surface area (Å²) in [7, 11) is 0. The van der Waals surface area contributed by atoms with E-state index < -0.39 is 36.3 Å². The van der Waals surface area contributed by atoms with Crippen LogP contribution in [0, 0.1) is 13.8 Å². The zero-order chi connectivity index (χ0) is 56.3. The molecule has 0 aliphatic carbocycles. The minimum atomic E-state index is -0.461. The quantitative estimate of drug-likeness (QED) is 0.151. The van der Waals surface area contributed by atoms with Crippen molar-refractivity contribution in [3.63, 3.8) is 0 Å². The zero-order valence-electron chi connectivity index (χ0n) is 49.1. The number of anilines is 6. The Kier molecular flexibility index (Phi) is 6.85. The molecule has 4 heteroatoms. The van der Waals surface area contributed by atoms with Crippen LogP contribution in [0.2, 0.25) is 0 Å². The summed E-state index contributed by atoms with van der Waals surface area (Å²) in [6.07, 6.45) is 0. The van der Waals surface area contributed by atoms with Crippen molar-refractivity contribution in [3.05, 3.63) is 254 Å². The van der Waals surface area contributed by atoms with Crippen LogP contribution in [-0.2, 0) is 0 Å². The van der Waals surface area contributed by atoms with Gasteiger partial charge >= 0.3 is 0 Å². The molecule has 72 heavy (non-hydrogen) atoms. The van der Waals surface area contributed by atoms with E-state index in [0.717, 1.165) is 110 Å². The molecule has 11 aromatic carbocycles. The Balaban J connectivity index is 1.14. The van der Waals surface area contributed by atoms with Crippen LogP contribution in [0.1, 0.15) is 24.8 Å². The molecule has 15 aromatic rings. The van der Waals surface area contributed by atoms with E-state index in [1.807, 2.05) is 109 Å². The fourth-order valence-corrected chi connectivity index (χ4v) is 12.0. The summed E-state index contributed by atoms with van der Waals surface area (Å²) in [6.45, 7) is 3.94.